The first-order chi connectivity index (χ1) is 7.83. The fraction of sp³-hybridized carbons (Fsp3) is 0.200. The molecular formula is C10H12N4O2. The van der Waals surface area contributed by atoms with Crippen LogP contribution in [-0.2, 0) is 6.42 Å². The largest absolute Gasteiger partial charge is 0.496 e. The van der Waals surface area contributed by atoms with Gasteiger partial charge in [0.25, 0.3) is 0 Å². The first-order valence-electron chi connectivity index (χ1n) is 4.74. The molecule has 1 heterocycles. The Balaban J connectivity index is 2.19. The molecule has 0 aliphatic carbocycles. The average molecular weight is 220 g/mol. The van der Waals surface area contributed by atoms with Gasteiger partial charge in [0.1, 0.15) is 5.75 Å². The van der Waals surface area contributed by atoms with Crippen molar-refractivity contribution in [2.24, 2.45) is 5.84 Å². The highest BCUT2D eigenvalue weighted by atomic mass is 16.5. The van der Waals surface area contributed by atoms with E-state index in [-0.39, 0.29) is 6.01 Å². The van der Waals surface area contributed by atoms with Crippen molar-refractivity contribution in [2.45, 2.75) is 6.42 Å². The maximum Gasteiger partial charge on any atom is 0.335 e. The molecule has 6 nitrogen and oxygen atoms in total. The number of benzene rings is 1. The number of hydrazine groups is 1. The predicted molar refractivity (Wildman–Crippen MR) is 57.9 cm³/mol. The molecule has 0 saturated carbocycles. The normalized spacial score (nSPS) is 10.1. The zero-order valence-electron chi connectivity index (χ0n) is 8.80. The number of methoxy groups -OCH3 is 1. The molecule has 0 fully saturated rings. The molecule has 0 bridgehead atoms. The molecule has 0 amide bonds. The second-order valence-corrected chi connectivity index (χ2v) is 3.15. The van der Waals surface area contributed by atoms with Crippen molar-refractivity contribution < 1.29 is 9.26 Å². The van der Waals surface area contributed by atoms with E-state index in [4.69, 9.17) is 15.1 Å². The average Bonchev–Trinajstić information content (AvgIpc) is 2.77. The highest BCUT2D eigenvalue weighted by Crippen LogP contribution is 2.20. The molecule has 0 spiro atoms. The van der Waals surface area contributed by atoms with Crippen LogP contribution in [0.4, 0.5) is 6.01 Å². The summed E-state index contributed by atoms with van der Waals surface area (Å²) in [4.78, 5) is 4.03. The van der Waals surface area contributed by atoms with Gasteiger partial charge in [0, 0.05) is 12.0 Å². The van der Waals surface area contributed by atoms with Gasteiger partial charge in [-0.2, -0.15) is 4.98 Å². The van der Waals surface area contributed by atoms with Crippen molar-refractivity contribution in [3.05, 3.63) is 35.7 Å². The van der Waals surface area contributed by atoms with Crippen LogP contribution < -0.4 is 16.0 Å². The number of nitrogen functional groups attached to an aromatic ring is 1. The van der Waals surface area contributed by atoms with E-state index in [0.717, 1.165) is 11.3 Å². The van der Waals surface area contributed by atoms with Crippen LogP contribution in [0, 0.1) is 0 Å². The molecule has 2 rings (SSSR count). The van der Waals surface area contributed by atoms with Gasteiger partial charge < -0.3 is 9.26 Å². The van der Waals surface area contributed by atoms with Gasteiger partial charge in [0.05, 0.1) is 7.11 Å². The molecular weight excluding hydrogens is 208 g/mol. The number of nitrogens with one attached hydrogen (secondary N) is 1. The standard InChI is InChI=1S/C10H12N4O2/c1-15-8-5-3-2-4-7(8)6-9-12-10(13-11)16-14-9/h2-5H,6,11H2,1H3,(H,12,13,14). The Hall–Kier alpha value is -2.08. The van der Waals surface area contributed by atoms with Crippen LogP contribution in [0.5, 0.6) is 5.75 Å². The minimum atomic E-state index is 0.199. The van der Waals surface area contributed by atoms with Crippen LogP contribution in [0.25, 0.3) is 0 Å². The number of rotatable bonds is 4. The van der Waals surface area contributed by atoms with Gasteiger partial charge in [-0.3, -0.25) is 5.43 Å². The molecule has 16 heavy (non-hydrogen) atoms. The van der Waals surface area contributed by atoms with Crippen molar-refractivity contribution in [3.8, 4) is 5.75 Å². The lowest BCUT2D eigenvalue weighted by Crippen LogP contribution is -2.06. The topological polar surface area (TPSA) is 86.2 Å². The van der Waals surface area contributed by atoms with Crippen molar-refractivity contribution in [1.29, 1.82) is 0 Å². The van der Waals surface area contributed by atoms with Crippen molar-refractivity contribution >= 4 is 6.01 Å². The number of para-hydroxylation sites is 1. The van der Waals surface area contributed by atoms with Crippen molar-refractivity contribution in [2.75, 3.05) is 12.5 Å². The maximum absolute atomic E-state index is 5.22. The molecule has 84 valence electrons. The van der Waals surface area contributed by atoms with Crippen LogP contribution in [0.15, 0.2) is 28.8 Å². The quantitative estimate of drug-likeness (QED) is 0.589. The van der Waals surface area contributed by atoms with Gasteiger partial charge in [0.15, 0.2) is 5.82 Å². The third kappa shape index (κ3) is 2.12. The van der Waals surface area contributed by atoms with E-state index >= 15 is 0 Å². The number of nitrogens with zero attached hydrogens (tertiary/aromatic N) is 2. The summed E-state index contributed by atoms with van der Waals surface area (Å²) in [6.45, 7) is 0. The van der Waals surface area contributed by atoms with Crippen LogP contribution >= 0.6 is 0 Å². The minimum Gasteiger partial charge on any atom is -0.496 e. The van der Waals surface area contributed by atoms with Gasteiger partial charge in [-0.15, -0.1) is 0 Å². The molecule has 1 aromatic carbocycles. The summed E-state index contributed by atoms with van der Waals surface area (Å²) >= 11 is 0. The van der Waals surface area contributed by atoms with Gasteiger partial charge in [0.2, 0.25) is 0 Å². The molecule has 2 aromatic rings. The highest BCUT2D eigenvalue weighted by Gasteiger charge is 2.08. The Bertz CT molecular complexity index is 469. The highest BCUT2D eigenvalue weighted by molar-refractivity contribution is 5.35. The minimum absolute atomic E-state index is 0.199. The first-order valence-corrected chi connectivity index (χ1v) is 4.74. The molecule has 0 unspecified atom stereocenters. The van der Waals surface area contributed by atoms with Crippen LogP contribution in [0.3, 0.4) is 0 Å². The lowest BCUT2D eigenvalue weighted by atomic mass is 10.1. The molecule has 0 atom stereocenters. The third-order valence-corrected chi connectivity index (χ3v) is 2.13. The van der Waals surface area contributed by atoms with Gasteiger partial charge in [-0.25, -0.2) is 5.84 Å². The number of ether oxygens (including phenoxy) is 1. The zero-order valence-corrected chi connectivity index (χ0v) is 8.80. The van der Waals surface area contributed by atoms with Gasteiger partial charge >= 0.3 is 6.01 Å². The molecule has 0 aliphatic rings. The van der Waals surface area contributed by atoms with E-state index in [1.807, 2.05) is 24.3 Å². The number of hydrogen-bond acceptors (Lipinski definition) is 6. The molecule has 6 heteroatoms. The third-order valence-electron chi connectivity index (χ3n) is 2.13. The Kier molecular flexibility index (Phi) is 3.02. The zero-order chi connectivity index (χ0) is 11.4. The summed E-state index contributed by atoms with van der Waals surface area (Å²) in [5, 5.41) is 3.77. The van der Waals surface area contributed by atoms with Gasteiger partial charge in [-0.05, 0) is 6.07 Å². The Morgan fingerprint density at radius 2 is 2.25 bits per heavy atom. The fourth-order valence-electron chi connectivity index (χ4n) is 1.40. The molecule has 1 aromatic heterocycles. The van der Waals surface area contributed by atoms with Crippen LogP contribution in [0.2, 0.25) is 0 Å². The summed E-state index contributed by atoms with van der Waals surface area (Å²) in [5.41, 5.74) is 3.28. The molecule has 0 radical (unpaired) electrons. The number of aromatic nitrogens is 2. The van der Waals surface area contributed by atoms with Crippen molar-refractivity contribution in [3.63, 3.8) is 0 Å². The smallest absolute Gasteiger partial charge is 0.335 e. The van der Waals surface area contributed by atoms with E-state index < -0.39 is 0 Å². The molecule has 0 saturated heterocycles. The summed E-state index contributed by atoms with van der Waals surface area (Å²) in [5.74, 6) is 6.50. The Morgan fingerprint density at radius 3 is 2.94 bits per heavy atom. The molecule has 3 N–H and O–H groups in total. The second kappa shape index (κ2) is 4.63. The van der Waals surface area contributed by atoms with Crippen molar-refractivity contribution in [1.82, 2.24) is 10.1 Å². The maximum atomic E-state index is 5.22. The van der Waals surface area contributed by atoms with E-state index in [2.05, 4.69) is 15.6 Å². The Morgan fingerprint density at radius 1 is 1.44 bits per heavy atom. The van der Waals surface area contributed by atoms with Crippen LogP contribution in [-0.4, -0.2) is 17.3 Å². The lowest BCUT2D eigenvalue weighted by Gasteiger charge is -2.04. The molecule has 0 aliphatic heterocycles. The predicted octanol–water partition coefficient (Wildman–Crippen LogP) is 0.955. The first kappa shape index (κ1) is 10.4. The fourth-order valence-corrected chi connectivity index (χ4v) is 1.40. The van der Waals surface area contributed by atoms with E-state index in [0.29, 0.717) is 12.2 Å². The number of anilines is 1. The Labute approximate surface area is 92.4 Å². The van der Waals surface area contributed by atoms with E-state index in [9.17, 15) is 0 Å². The number of hydrogen-bond donors (Lipinski definition) is 2. The van der Waals surface area contributed by atoms with E-state index in [1.54, 1.807) is 7.11 Å². The van der Waals surface area contributed by atoms with Gasteiger partial charge in [-0.1, -0.05) is 23.4 Å². The summed E-state index contributed by atoms with van der Waals surface area (Å²) in [7, 11) is 1.63. The number of nitrogens with two attached hydrogens (primary N) is 1. The SMILES string of the molecule is COc1ccccc1Cc1noc(NN)n1. The second-order valence-electron chi connectivity index (χ2n) is 3.15. The van der Waals surface area contributed by atoms with Crippen LogP contribution in [0.1, 0.15) is 11.4 Å². The summed E-state index contributed by atoms with van der Waals surface area (Å²) in [6.07, 6.45) is 0.537. The monoisotopic (exact) mass is 220 g/mol. The lowest BCUT2D eigenvalue weighted by molar-refractivity contribution is 0.408. The van der Waals surface area contributed by atoms with E-state index in [1.165, 1.54) is 0 Å². The summed E-state index contributed by atoms with van der Waals surface area (Å²) in [6, 6.07) is 7.87. The summed E-state index contributed by atoms with van der Waals surface area (Å²) < 4.78 is 10.0.